The van der Waals surface area contributed by atoms with Crippen molar-refractivity contribution in [2.75, 3.05) is 26.2 Å². The highest BCUT2D eigenvalue weighted by atomic mass is 35.5. The van der Waals surface area contributed by atoms with Crippen molar-refractivity contribution < 1.29 is 24.0 Å². The maximum absolute atomic E-state index is 11.9. The highest BCUT2D eigenvalue weighted by Crippen LogP contribution is 2.15. The third kappa shape index (κ3) is 6.35. The molecule has 8 heteroatoms. The molecule has 24 heavy (non-hydrogen) atoms. The molecule has 1 fully saturated rings. The van der Waals surface area contributed by atoms with Crippen LogP contribution in [0.4, 0.5) is 0 Å². The molecule has 0 spiro atoms. The van der Waals surface area contributed by atoms with E-state index in [-0.39, 0.29) is 31.3 Å². The molecule has 1 aliphatic heterocycles. The lowest BCUT2D eigenvalue weighted by Gasteiger charge is -2.31. The van der Waals surface area contributed by atoms with Crippen LogP contribution in [0.3, 0.4) is 0 Å². The number of rotatable bonds is 5. The highest BCUT2D eigenvalue weighted by Gasteiger charge is 2.27. The van der Waals surface area contributed by atoms with E-state index in [1.807, 2.05) is 13.8 Å². The second kappa shape index (κ2) is 8.86. The molecule has 0 bridgehead atoms. The molecule has 1 heterocycles. The van der Waals surface area contributed by atoms with Gasteiger partial charge in [0.25, 0.3) is 11.8 Å². The van der Waals surface area contributed by atoms with E-state index in [0.717, 1.165) is 18.0 Å². The van der Waals surface area contributed by atoms with Gasteiger partial charge in [-0.3, -0.25) is 20.4 Å². The fourth-order valence-corrected chi connectivity index (χ4v) is 2.79. The first-order valence-electron chi connectivity index (χ1n) is 7.87. The molecule has 1 aromatic rings. The van der Waals surface area contributed by atoms with Crippen molar-refractivity contribution in [2.24, 2.45) is 0 Å². The maximum atomic E-state index is 11.9. The monoisotopic (exact) mass is 356 g/mol. The van der Waals surface area contributed by atoms with Gasteiger partial charge in [-0.05, 0) is 38.1 Å². The number of morpholine rings is 1. The van der Waals surface area contributed by atoms with Gasteiger partial charge in [-0.15, -0.1) is 0 Å². The van der Waals surface area contributed by atoms with Gasteiger partial charge in [-0.2, -0.15) is 0 Å². The molecule has 0 unspecified atom stereocenters. The zero-order chi connectivity index (χ0) is 17.5. The fraction of sp³-hybridized carbons (Fsp3) is 0.500. The van der Waals surface area contributed by atoms with Crippen LogP contribution in [0.2, 0.25) is 5.02 Å². The van der Waals surface area contributed by atoms with Crippen LogP contribution in [-0.4, -0.2) is 50.3 Å². The number of hydrogen-bond donors (Lipinski definition) is 3. The van der Waals surface area contributed by atoms with E-state index in [4.69, 9.17) is 21.1 Å². The number of hydrazine groups is 1. The number of nitrogens with one attached hydrogen (secondary N) is 3. The van der Waals surface area contributed by atoms with E-state index in [1.165, 1.54) is 0 Å². The minimum atomic E-state index is -0.433. The summed E-state index contributed by atoms with van der Waals surface area (Å²) in [5, 5.41) is 0.591. The average molecular weight is 357 g/mol. The van der Waals surface area contributed by atoms with E-state index in [0.29, 0.717) is 10.8 Å². The molecule has 132 valence electrons. The number of carbonyl (C=O) groups excluding carboxylic acids is 2. The smallest absolute Gasteiger partial charge is 0.293 e. The van der Waals surface area contributed by atoms with Crippen LogP contribution in [0, 0.1) is 0 Å². The lowest BCUT2D eigenvalue weighted by Crippen LogP contribution is -3.16. The van der Waals surface area contributed by atoms with Gasteiger partial charge in [0.05, 0.1) is 0 Å². The van der Waals surface area contributed by atoms with E-state index in [1.54, 1.807) is 24.3 Å². The summed E-state index contributed by atoms with van der Waals surface area (Å²) < 4.78 is 10.9. The van der Waals surface area contributed by atoms with Gasteiger partial charge in [-0.25, -0.2) is 0 Å². The van der Waals surface area contributed by atoms with Crippen molar-refractivity contribution >= 4 is 23.4 Å². The first-order chi connectivity index (χ1) is 11.4. The van der Waals surface area contributed by atoms with Crippen molar-refractivity contribution in [1.29, 1.82) is 0 Å². The van der Waals surface area contributed by atoms with Crippen LogP contribution in [0.15, 0.2) is 24.3 Å². The standard InChI is InChI=1S/C16H22ClN3O4/c1-11-7-20(8-12(2)24-11)9-15(21)18-19-16(22)10-23-14-5-3-13(17)4-6-14/h3-6,11-12H,7-10H2,1-2H3,(H,18,21)(H,19,22)/p+1/t11-,12-/m0/s1. The predicted molar refractivity (Wildman–Crippen MR) is 88.8 cm³/mol. The summed E-state index contributed by atoms with van der Waals surface area (Å²) in [5.74, 6) is -0.148. The summed E-state index contributed by atoms with van der Waals surface area (Å²) in [6.45, 7) is 5.61. The van der Waals surface area contributed by atoms with Gasteiger partial charge in [0.2, 0.25) is 0 Å². The van der Waals surface area contributed by atoms with Crippen molar-refractivity contribution in [1.82, 2.24) is 10.9 Å². The average Bonchev–Trinajstić information content (AvgIpc) is 2.51. The molecule has 2 amide bonds. The van der Waals surface area contributed by atoms with Crippen LogP contribution in [-0.2, 0) is 14.3 Å². The Morgan fingerprint density at radius 3 is 2.38 bits per heavy atom. The van der Waals surface area contributed by atoms with E-state index >= 15 is 0 Å². The number of ether oxygens (including phenoxy) is 2. The van der Waals surface area contributed by atoms with Gasteiger partial charge in [0, 0.05) is 5.02 Å². The Balaban J connectivity index is 1.65. The molecule has 2 atom stereocenters. The second-order valence-corrected chi connectivity index (χ2v) is 6.37. The summed E-state index contributed by atoms with van der Waals surface area (Å²) in [5.41, 5.74) is 4.75. The summed E-state index contributed by atoms with van der Waals surface area (Å²) >= 11 is 5.76. The highest BCUT2D eigenvalue weighted by molar-refractivity contribution is 6.30. The molecular formula is C16H23ClN3O4+. The van der Waals surface area contributed by atoms with E-state index in [9.17, 15) is 9.59 Å². The van der Waals surface area contributed by atoms with Crippen molar-refractivity contribution in [2.45, 2.75) is 26.1 Å². The second-order valence-electron chi connectivity index (χ2n) is 5.93. The third-order valence-corrected chi connectivity index (χ3v) is 3.80. The number of hydrogen-bond acceptors (Lipinski definition) is 4. The molecule has 7 nitrogen and oxygen atoms in total. The minimum absolute atomic E-state index is 0.124. The SMILES string of the molecule is C[C@H]1C[NH+](CC(=O)NNC(=O)COc2ccc(Cl)cc2)C[C@H](C)O1. The van der Waals surface area contributed by atoms with Crippen LogP contribution >= 0.6 is 11.6 Å². The number of carbonyl (C=O) groups is 2. The zero-order valence-corrected chi connectivity index (χ0v) is 14.6. The van der Waals surface area contributed by atoms with Crippen LogP contribution < -0.4 is 20.5 Å². The molecular weight excluding hydrogens is 334 g/mol. The van der Waals surface area contributed by atoms with Crippen molar-refractivity contribution in [3.8, 4) is 5.75 Å². The van der Waals surface area contributed by atoms with E-state index < -0.39 is 5.91 Å². The van der Waals surface area contributed by atoms with Gasteiger partial charge in [0.1, 0.15) is 31.0 Å². The van der Waals surface area contributed by atoms with Crippen LogP contribution in [0.1, 0.15) is 13.8 Å². The van der Waals surface area contributed by atoms with Crippen molar-refractivity contribution in [3.63, 3.8) is 0 Å². The molecule has 2 rings (SSSR count). The first-order valence-corrected chi connectivity index (χ1v) is 8.25. The number of quaternary nitrogens is 1. The van der Waals surface area contributed by atoms with Gasteiger partial charge < -0.3 is 14.4 Å². The topological polar surface area (TPSA) is 81.1 Å². The lowest BCUT2D eigenvalue weighted by atomic mass is 10.2. The first kappa shape index (κ1) is 18.5. The molecule has 1 saturated heterocycles. The molecule has 0 radical (unpaired) electrons. The van der Waals surface area contributed by atoms with Gasteiger partial charge in [0.15, 0.2) is 13.2 Å². The lowest BCUT2D eigenvalue weighted by molar-refractivity contribution is -0.907. The third-order valence-electron chi connectivity index (χ3n) is 3.55. The molecule has 0 aromatic heterocycles. The Morgan fingerprint density at radius 1 is 1.17 bits per heavy atom. The summed E-state index contributed by atoms with van der Waals surface area (Å²) in [6, 6.07) is 6.67. The molecule has 1 aromatic carbocycles. The van der Waals surface area contributed by atoms with E-state index in [2.05, 4.69) is 10.9 Å². The Labute approximate surface area is 146 Å². The normalized spacial score (nSPS) is 23.4. The molecule has 0 aliphatic carbocycles. The maximum Gasteiger partial charge on any atom is 0.293 e. The molecule has 3 N–H and O–H groups in total. The molecule has 1 aliphatic rings. The Hall–Kier alpha value is -1.83. The predicted octanol–water partition coefficient (Wildman–Crippen LogP) is -0.442. The molecule has 0 saturated carbocycles. The Morgan fingerprint density at radius 2 is 1.75 bits per heavy atom. The van der Waals surface area contributed by atoms with Gasteiger partial charge >= 0.3 is 0 Å². The Bertz CT molecular complexity index is 557. The number of amides is 2. The fourth-order valence-electron chi connectivity index (χ4n) is 2.66. The van der Waals surface area contributed by atoms with Crippen LogP contribution in [0.25, 0.3) is 0 Å². The summed E-state index contributed by atoms with van der Waals surface area (Å²) in [6.07, 6.45) is 0.248. The summed E-state index contributed by atoms with van der Waals surface area (Å²) in [4.78, 5) is 24.7. The minimum Gasteiger partial charge on any atom is -0.484 e. The zero-order valence-electron chi connectivity index (χ0n) is 13.8. The largest absolute Gasteiger partial charge is 0.484 e. The Kier molecular flexibility index (Phi) is 6.84. The number of halogens is 1. The van der Waals surface area contributed by atoms with Crippen molar-refractivity contribution in [3.05, 3.63) is 29.3 Å². The van der Waals surface area contributed by atoms with Gasteiger partial charge in [-0.1, -0.05) is 11.6 Å². The summed E-state index contributed by atoms with van der Waals surface area (Å²) in [7, 11) is 0. The quantitative estimate of drug-likeness (QED) is 0.625. The van der Waals surface area contributed by atoms with Crippen LogP contribution in [0.5, 0.6) is 5.75 Å². The number of benzene rings is 1.